The zero-order chi connectivity index (χ0) is 24.6. The Hall–Kier alpha value is -3.07. The van der Waals surface area contributed by atoms with Crippen molar-refractivity contribution in [3.05, 3.63) is 64.8 Å². The van der Waals surface area contributed by atoms with Gasteiger partial charge in [-0.1, -0.05) is 29.8 Å². The average molecular weight is 477 g/mol. The van der Waals surface area contributed by atoms with Gasteiger partial charge in [0.25, 0.3) is 0 Å². The molecule has 33 heavy (non-hydrogen) atoms. The molecule has 3 rings (SSSR count). The van der Waals surface area contributed by atoms with E-state index in [1.165, 1.54) is 10.9 Å². The molecule has 1 unspecified atom stereocenters. The first-order chi connectivity index (χ1) is 15.5. The summed E-state index contributed by atoms with van der Waals surface area (Å²) in [4.78, 5) is 21.5. The first kappa shape index (κ1) is 26.2. The van der Waals surface area contributed by atoms with E-state index in [1.54, 1.807) is 6.07 Å². The van der Waals surface area contributed by atoms with Crippen molar-refractivity contribution >= 4 is 34.4 Å². The minimum atomic E-state index is -1.82. The van der Waals surface area contributed by atoms with Gasteiger partial charge in [-0.25, -0.2) is 9.59 Å². The number of ether oxygens (including phenoxy) is 1. The molecular formula is C24H29ClN2O6. The molecule has 0 spiro atoms. The number of hydrogen-bond acceptors (Lipinski definition) is 5. The third-order valence-electron chi connectivity index (χ3n) is 4.87. The zero-order valence-electron chi connectivity index (χ0n) is 18.8. The number of β-amino-alcohol motifs (C(OH)–C–C–N with tert-alkyl or cyclic N) is 1. The number of aromatic amines is 1. The Kier molecular flexibility index (Phi) is 9.28. The molecule has 0 amide bonds. The van der Waals surface area contributed by atoms with Gasteiger partial charge in [-0.3, -0.25) is 0 Å². The van der Waals surface area contributed by atoms with Crippen molar-refractivity contribution in [1.82, 2.24) is 10.3 Å². The van der Waals surface area contributed by atoms with Gasteiger partial charge in [0.1, 0.15) is 18.5 Å². The second-order valence-electron chi connectivity index (χ2n) is 8.29. The van der Waals surface area contributed by atoms with Gasteiger partial charge in [-0.2, -0.15) is 0 Å². The molecule has 1 atom stereocenters. The van der Waals surface area contributed by atoms with Crippen LogP contribution in [0.4, 0.5) is 0 Å². The van der Waals surface area contributed by atoms with E-state index >= 15 is 0 Å². The number of para-hydroxylation sites is 1. The first-order valence-electron chi connectivity index (χ1n) is 10.3. The van der Waals surface area contributed by atoms with Crippen LogP contribution in [0.5, 0.6) is 5.75 Å². The van der Waals surface area contributed by atoms with E-state index in [4.69, 9.17) is 36.1 Å². The van der Waals surface area contributed by atoms with Crippen molar-refractivity contribution in [3.63, 3.8) is 0 Å². The van der Waals surface area contributed by atoms with E-state index in [2.05, 4.69) is 48.5 Å². The van der Waals surface area contributed by atoms with Gasteiger partial charge in [-0.15, -0.1) is 0 Å². The number of benzene rings is 2. The lowest BCUT2D eigenvalue weighted by atomic mass is 9.94. The van der Waals surface area contributed by atoms with Crippen LogP contribution >= 0.6 is 11.6 Å². The van der Waals surface area contributed by atoms with Gasteiger partial charge in [-0.05, 0) is 62.6 Å². The molecular weight excluding hydrogens is 448 g/mol. The highest BCUT2D eigenvalue weighted by atomic mass is 35.5. The molecule has 1 aromatic heterocycles. The first-order valence-corrected chi connectivity index (χ1v) is 10.7. The second kappa shape index (κ2) is 11.7. The van der Waals surface area contributed by atoms with Crippen molar-refractivity contribution in [1.29, 1.82) is 0 Å². The smallest absolute Gasteiger partial charge is 0.414 e. The summed E-state index contributed by atoms with van der Waals surface area (Å²) in [5.41, 5.74) is 3.23. The maximum atomic E-state index is 10.3. The highest BCUT2D eigenvalue weighted by molar-refractivity contribution is 6.30. The van der Waals surface area contributed by atoms with Gasteiger partial charge in [0.15, 0.2) is 0 Å². The van der Waals surface area contributed by atoms with Gasteiger partial charge in [0.2, 0.25) is 0 Å². The maximum absolute atomic E-state index is 10.3. The second-order valence-corrected chi connectivity index (χ2v) is 8.72. The van der Waals surface area contributed by atoms with E-state index in [-0.39, 0.29) is 12.1 Å². The largest absolute Gasteiger partial charge is 0.491 e. The predicted molar refractivity (Wildman–Crippen MR) is 127 cm³/mol. The predicted octanol–water partition coefficient (Wildman–Crippen LogP) is 3.64. The summed E-state index contributed by atoms with van der Waals surface area (Å²) in [5, 5.41) is 30.5. The Morgan fingerprint density at radius 2 is 1.82 bits per heavy atom. The number of aromatic nitrogens is 1. The van der Waals surface area contributed by atoms with E-state index in [0.717, 1.165) is 23.3 Å². The summed E-state index contributed by atoms with van der Waals surface area (Å²) in [6.45, 7) is 6.92. The number of hydrogen-bond donors (Lipinski definition) is 5. The van der Waals surface area contributed by atoms with Gasteiger partial charge >= 0.3 is 11.9 Å². The highest BCUT2D eigenvalue weighted by Gasteiger charge is 2.21. The van der Waals surface area contributed by atoms with Crippen molar-refractivity contribution < 1.29 is 29.6 Å². The Bertz CT molecular complexity index is 1080. The fourth-order valence-electron chi connectivity index (χ4n) is 3.23. The summed E-state index contributed by atoms with van der Waals surface area (Å²) in [6.07, 6.45) is 2.33. The van der Waals surface area contributed by atoms with Crippen LogP contribution in [0.25, 0.3) is 10.9 Å². The van der Waals surface area contributed by atoms with Crippen LogP contribution < -0.4 is 10.1 Å². The fraction of sp³-hybridized carbons (Fsp3) is 0.333. The van der Waals surface area contributed by atoms with Gasteiger partial charge in [0.05, 0.1) is 0 Å². The lowest BCUT2D eigenvalue weighted by molar-refractivity contribution is -0.159. The lowest BCUT2D eigenvalue weighted by Crippen LogP contribution is -2.46. The molecule has 5 N–H and O–H groups in total. The van der Waals surface area contributed by atoms with Crippen LogP contribution in [-0.4, -0.2) is 57.0 Å². The number of aliphatic hydroxyl groups excluding tert-OH is 1. The Morgan fingerprint density at radius 1 is 1.15 bits per heavy atom. The number of aliphatic carboxylic acids is 2. The number of nitrogens with one attached hydrogen (secondary N) is 2. The monoisotopic (exact) mass is 476 g/mol. The van der Waals surface area contributed by atoms with Crippen molar-refractivity contribution in [2.75, 3.05) is 13.2 Å². The SMILES string of the molecule is Cc1cc(Cl)ccc1OCC(O)CNC(C)(C)Cc1c[nH]c2ccccc12.O=C(O)C(=O)O. The summed E-state index contributed by atoms with van der Waals surface area (Å²) in [5.74, 6) is -2.90. The number of fused-ring (bicyclic) bond motifs is 1. The average Bonchev–Trinajstić information content (AvgIpc) is 3.14. The third-order valence-corrected chi connectivity index (χ3v) is 5.11. The summed E-state index contributed by atoms with van der Waals surface area (Å²) in [6, 6.07) is 13.8. The molecule has 0 aliphatic carbocycles. The zero-order valence-corrected chi connectivity index (χ0v) is 19.5. The van der Waals surface area contributed by atoms with Crippen LogP contribution in [0.3, 0.4) is 0 Å². The topological polar surface area (TPSA) is 132 Å². The summed E-state index contributed by atoms with van der Waals surface area (Å²) in [7, 11) is 0. The fourth-order valence-corrected chi connectivity index (χ4v) is 3.46. The van der Waals surface area contributed by atoms with Crippen LogP contribution in [-0.2, 0) is 16.0 Å². The molecule has 0 aliphatic heterocycles. The maximum Gasteiger partial charge on any atom is 0.414 e. The molecule has 3 aromatic rings. The molecule has 0 radical (unpaired) electrons. The van der Waals surface area contributed by atoms with Crippen molar-refractivity contribution in [2.45, 2.75) is 38.8 Å². The highest BCUT2D eigenvalue weighted by Crippen LogP contribution is 2.23. The quantitative estimate of drug-likeness (QED) is 0.313. The number of aryl methyl sites for hydroxylation is 1. The molecule has 0 bridgehead atoms. The number of H-pyrrole nitrogens is 1. The molecule has 1 heterocycles. The number of aliphatic hydroxyl groups is 1. The molecule has 9 heteroatoms. The minimum Gasteiger partial charge on any atom is -0.491 e. The standard InChI is InChI=1S/C22H27ClN2O2.C2H2O4/c1-15-10-17(23)8-9-21(15)27-14-18(26)13-25-22(2,3)11-16-12-24-20-7-5-4-6-19(16)20;3-1(4)2(5)6/h4-10,12,18,24-26H,11,13-14H2,1-3H3;(H,3,4)(H,5,6). The van der Waals surface area contributed by atoms with Crippen molar-refractivity contribution in [2.24, 2.45) is 0 Å². The summed E-state index contributed by atoms with van der Waals surface area (Å²) >= 11 is 5.96. The van der Waals surface area contributed by atoms with Crippen LogP contribution in [0.2, 0.25) is 5.02 Å². The van der Waals surface area contributed by atoms with E-state index in [1.807, 2.05) is 25.1 Å². The number of halogens is 1. The summed E-state index contributed by atoms with van der Waals surface area (Å²) < 4.78 is 5.73. The third kappa shape index (κ3) is 8.42. The minimum absolute atomic E-state index is 0.151. The van der Waals surface area contributed by atoms with Gasteiger partial charge < -0.3 is 30.4 Å². The molecule has 0 aliphatic rings. The van der Waals surface area contributed by atoms with Crippen LogP contribution in [0.1, 0.15) is 25.0 Å². The number of carboxylic acid groups (broad SMARTS) is 2. The number of rotatable bonds is 8. The molecule has 0 fully saturated rings. The van der Waals surface area contributed by atoms with E-state index < -0.39 is 18.0 Å². The number of carboxylic acids is 2. The number of carbonyl (C=O) groups is 2. The molecule has 8 nitrogen and oxygen atoms in total. The Balaban J connectivity index is 0.000000569. The van der Waals surface area contributed by atoms with E-state index in [9.17, 15) is 5.11 Å². The van der Waals surface area contributed by atoms with Crippen LogP contribution in [0, 0.1) is 6.92 Å². The molecule has 0 saturated heterocycles. The van der Waals surface area contributed by atoms with E-state index in [0.29, 0.717) is 11.6 Å². The van der Waals surface area contributed by atoms with Gasteiger partial charge in [0, 0.05) is 34.2 Å². The lowest BCUT2D eigenvalue weighted by Gasteiger charge is -2.28. The Morgan fingerprint density at radius 3 is 2.45 bits per heavy atom. The molecule has 2 aromatic carbocycles. The Labute approximate surface area is 197 Å². The van der Waals surface area contributed by atoms with Crippen LogP contribution in [0.15, 0.2) is 48.7 Å². The molecule has 0 saturated carbocycles. The molecule has 178 valence electrons. The van der Waals surface area contributed by atoms with Crippen molar-refractivity contribution in [3.8, 4) is 5.75 Å². The normalized spacial score (nSPS) is 12.0.